The summed E-state index contributed by atoms with van der Waals surface area (Å²) < 4.78 is 10.6. The van der Waals surface area contributed by atoms with E-state index in [2.05, 4.69) is 0 Å². The standard InChI is InChI=1S/C8H12Cl2O3Si/c9-5-6(10)7(11)13-8(14)3-1-2-4-12-8/h5H,1-4H2,14H3. The maximum atomic E-state index is 11.3. The number of ether oxygens (including phenoxy) is 2. The zero-order valence-corrected chi connectivity index (χ0v) is 11.4. The molecule has 1 aliphatic heterocycles. The smallest absolute Gasteiger partial charge is 0.352 e. The van der Waals surface area contributed by atoms with Gasteiger partial charge in [0, 0.05) is 12.0 Å². The van der Waals surface area contributed by atoms with Crippen molar-refractivity contribution in [1.82, 2.24) is 0 Å². The molecule has 0 aliphatic carbocycles. The van der Waals surface area contributed by atoms with E-state index in [0.29, 0.717) is 16.8 Å². The Bertz CT molecular complexity index is 249. The van der Waals surface area contributed by atoms with Gasteiger partial charge in [-0.05, 0) is 12.8 Å². The van der Waals surface area contributed by atoms with E-state index in [4.69, 9.17) is 32.7 Å². The van der Waals surface area contributed by atoms with Gasteiger partial charge < -0.3 is 9.47 Å². The van der Waals surface area contributed by atoms with Crippen molar-refractivity contribution >= 4 is 39.4 Å². The van der Waals surface area contributed by atoms with Crippen LogP contribution in [0.25, 0.3) is 0 Å². The molecule has 6 heteroatoms. The molecule has 0 bridgehead atoms. The Morgan fingerprint density at radius 2 is 2.29 bits per heavy atom. The molecule has 14 heavy (non-hydrogen) atoms. The highest BCUT2D eigenvalue weighted by Crippen LogP contribution is 2.24. The molecule has 0 aromatic heterocycles. The molecule has 1 fully saturated rings. The first kappa shape index (κ1) is 12.0. The third-order valence-electron chi connectivity index (χ3n) is 2.03. The van der Waals surface area contributed by atoms with Gasteiger partial charge in [-0.15, -0.1) is 0 Å². The lowest BCUT2D eigenvalue weighted by atomic mass is 10.2. The first-order chi connectivity index (χ1) is 6.57. The van der Waals surface area contributed by atoms with Crippen molar-refractivity contribution in [2.75, 3.05) is 6.61 Å². The van der Waals surface area contributed by atoms with Crippen molar-refractivity contribution in [1.29, 1.82) is 0 Å². The SMILES string of the molecule is O=C(OC1([SiH3])CCCCO1)C(Cl)=CCl. The van der Waals surface area contributed by atoms with Gasteiger partial charge in [0.15, 0.2) is 5.41 Å². The number of esters is 1. The number of carbonyl (C=O) groups excluding carboxylic acids is 1. The van der Waals surface area contributed by atoms with Crippen molar-refractivity contribution in [2.24, 2.45) is 0 Å². The largest absolute Gasteiger partial charge is 0.434 e. The van der Waals surface area contributed by atoms with E-state index in [0.717, 1.165) is 24.8 Å². The maximum Gasteiger partial charge on any atom is 0.352 e. The first-order valence-electron chi connectivity index (χ1n) is 4.40. The van der Waals surface area contributed by atoms with Gasteiger partial charge in [-0.2, -0.15) is 0 Å². The lowest BCUT2D eigenvalue weighted by Crippen LogP contribution is -2.41. The van der Waals surface area contributed by atoms with Gasteiger partial charge in [0.2, 0.25) is 0 Å². The van der Waals surface area contributed by atoms with E-state index in [1.165, 1.54) is 0 Å². The molecular formula is C8H12Cl2O3Si. The molecule has 0 saturated carbocycles. The summed E-state index contributed by atoms with van der Waals surface area (Å²) in [4.78, 5) is 11.3. The molecule has 3 nitrogen and oxygen atoms in total. The minimum Gasteiger partial charge on any atom is -0.434 e. The summed E-state index contributed by atoms with van der Waals surface area (Å²) in [7, 11) is 0.632. The third-order valence-corrected chi connectivity index (χ3v) is 3.62. The van der Waals surface area contributed by atoms with Crippen LogP contribution in [0.1, 0.15) is 19.3 Å². The second-order valence-electron chi connectivity index (χ2n) is 3.29. The van der Waals surface area contributed by atoms with Gasteiger partial charge in [-0.25, -0.2) is 4.79 Å². The number of halogens is 2. The Morgan fingerprint density at radius 1 is 1.57 bits per heavy atom. The Kier molecular flexibility index (Phi) is 4.44. The zero-order chi connectivity index (χ0) is 10.6. The zero-order valence-electron chi connectivity index (χ0n) is 7.89. The second-order valence-corrected chi connectivity index (χ2v) is 5.43. The molecule has 80 valence electrons. The summed E-state index contributed by atoms with van der Waals surface area (Å²) in [6, 6.07) is 0. The van der Waals surface area contributed by atoms with E-state index in [-0.39, 0.29) is 5.03 Å². The Hall–Kier alpha value is -0.0331. The lowest BCUT2D eigenvalue weighted by Gasteiger charge is -2.33. The lowest BCUT2D eigenvalue weighted by molar-refractivity contribution is -0.201. The summed E-state index contributed by atoms with van der Waals surface area (Å²) in [5, 5.41) is -0.115. The quantitative estimate of drug-likeness (QED) is 0.420. The van der Waals surface area contributed by atoms with Crippen LogP contribution in [-0.2, 0) is 14.3 Å². The van der Waals surface area contributed by atoms with Crippen molar-refractivity contribution in [3.63, 3.8) is 0 Å². The highest BCUT2D eigenvalue weighted by atomic mass is 35.5. The van der Waals surface area contributed by atoms with Gasteiger partial charge in [0.1, 0.15) is 5.03 Å². The summed E-state index contributed by atoms with van der Waals surface area (Å²) in [6.07, 6.45) is 2.77. The number of carbonyl (C=O) groups is 1. The predicted octanol–water partition coefficient (Wildman–Crippen LogP) is 1.07. The van der Waals surface area contributed by atoms with Gasteiger partial charge in [-0.3, -0.25) is 0 Å². The van der Waals surface area contributed by atoms with Crippen LogP contribution in [0.15, 0.2) is 10.6 Å². The van der Waals surface area contributed by atoms with E-state index in [1.807, 2.05) is 0 Å². The molecule has 1 saturated heterocycles. The molecule has 0 N–H and O–H groups in total. The average molecular weight is 255 g/mol. The fourth-order valence-corrected chi connectivity index (χ4v) is 2.15. The number of rotatable bonds is 2. The normalized spacial score (nSPS) is 28.9. The Labute approximate surface area is 95.8 Å². The molecule has 0 spiro atoms. The molecule has 0 radical (unpaired) electrons. The summed E-state index contributed by atoms with van der Waals surface area (Å²) >= 11 is 10.8. The van der Waals surface area contributed by atoms with Crippen LogP contribution in [0.3, 0.4) is 0 Å². The van der Waals surface area contributed by atoms with Crippen LogP contribution in [-0.4, -0.2) is 28.2 Å². The molecule has 1 rings (SSSR count). The summed E-state index contributed by atoms with van der Waals surface area (Å²) in [6.45, 7) is 0.638. The Morgan fingerprint density at radius 3 is 2.79 bits per heavy atom. The topological polar surface area (TPSA) is 35.5 Å². The highest BCUT2D eigenvalue weighted by Gasteiger charge is 2.32. The molecule has 0 amide bonds. The predicted molar refractivity (Wildman–Crippen MR) is 58.4 cm³/mol. The fourth-order valence-electron chi connectivity index (χ4n) is 1.28. The molecule has 1 aliphatic rings. The fraction of sp³-hybridized carbons (Fsp3) is 0.625. The van der Waals surface area contributed by atoms with Gasteiger partial charge in [-0.1, -0.05) is 23.2 Å². The minimum atomic E-state index is -0.713. The monoisotopic (exact) mass is 254 g/mol. The van der Waals surface area contributed by atoms with Gasteiger partial charge in [0.25, 0.3) is 0 Å². The summed E-state index contributed by atoms with van der Waals surface area (Å²) in [5.41, 5.74) is 0.285. The van der Waals surface area contributed by atoms with E-state index in [1.54, 1.807) is 0 Å². The first-order valence-corrected chi connectivity index (χ1v) is 6.22. The molecule has 0 aromatic carbocycles. The molecule has 0 aromatic rings. The average Bonchev–Trinajstić information content (AvgIpc) is 2.17. The summed E-state index contributed by atoms with van der Waals surface area (Å²) in [5.74, 6) is -0.612. The van der Waals surface area contributed by atoms with Gasteiger partial charge in [0.05, 0.1) is 16.8 Å². The number of hydrogen-bond acceptors (Lipinski definition) is 3. The maximum absolute atomic E-state index is 11.3. The van der Waals surface area contributed by atoms with Crippen molar-refractivity contribution in [3.05, 3.63) is 10.6 Å². The van der Waals surface area contributed by atoms with Crippen molar-refractivity contribution < 1.29 is 14.3 Å². The van der Waals surface area contributed by atoms with Crippen LogP contribution in [0.2, 0.25) is 0 Å². The second kappa shape index (κ2) is 5.16. The van der Waals surface area contributed by atoms with Crippen LogP contribution in [0.5, 0.6) is 0 Å². The third kappa shape index (κ3) is 3.27. The molecule has 1 atom stereocenters. The Balaban J connectivity index is 2.53. The van der Waals surface area contributed by atoms with Crippen LogP contribution < -0.4 is 0 Å². The van der Waals surface area contributed by atoms with Crippen molar-refractivity contribution in [3.8, 4) is 0 Å². The highest BCUT2D eigenvalue weighted by molar-refractivity contribution is 6.45. The van der Waals surface area contributed by atoms with Crippen LogP contribution in [0, 0.1) is 0 Å². The molecule has 1 heterocycles. The minimum absolute atomic E-state index is 0.115. The van der Waals surface area contributed by atoms with Crippen LogP contribution in [0.4, 0.5) is 0 Å². The van der Waals surface area contributed by atoms with Crippen molar-refractivity contribution in [2.45, 2.75) is 24.7 Å². The molecule has 1 unspecified atom stereocenters. The van der Waals surface area contributed by atoms with Crippen LogP contribution >= 0.6 is 23.2 Å². The van der Waals surface area contributed by atoms with E-state index >= 15 is 0 Å². The number of hydrogen-bond donors (Lipinski definition) is 0. The van der Waals surface area contributed by atoms with E-state index < -0.39 is 11.4 Å². The molecular weight excluding hydrogens is 243 g/mol. The van der Waals surface area contributed by atoms with Gasteiger partial charge >= 0.3 is 5.97 Å². The van der Waals surface area contributed by atoms with E-state index in [9.17, 15) is 4.79 Å².